The van der Waals surface area contributed by atoms with Gasteiger partial charge in [-0.3, -0.25) is 4.28 Å². The van der Waals surface area contributed by atoms with E-state index in [1.54, 1.807) is 12.1 Å². The number of oxime groups is 1. The lowest BCUT2D eigenvalue weighted by Gasteiger charge is -2.06. The summed E-state index contributed by atoms with van der Waals surface area (Å²) in [5.74, 6) is 0. The third-order valence-electron chi connectivity index (χ3n) is 5.15. The van der Waals surface area contributed by atoms with Crippen molar-refractivity contribution in [1.29, 1.82) is 0 Å². The zero-order chi connectivity index (χ0) is 20.0. The molecule has 4 aromatic rings. The van der Waals surface area contributed by atoms with Gasteiger partial charge in [0.25, 0.3) is 0 Å². The van der Waals surface area contributed by atoms with Crippen LogP contribution in [0, 0.1) is 6.92 Å². The lowest BCUT2D eigenvalue weighted by atomic mass is 10.0. The zero-order valence-electron chi connectivity index (χ0n) is 15.7. The summed E-state index contributed by atoms with van der Waals surface area (Å²) >= 11 is 0. The molecule has 0 aromatic heterocycles. The van der Waals surface area contributed by atoms with E-state index in [1.807, 2.05) is 55.5 Å². The lowest BCUT2D eigenvalue weighted by Crippen LogP contribution is -2.06. The van der Waals surface area contributed by atoms with E-state index in [4.69, 9.17) is 4.28 Å². The summed E-state index contributed by atoms with van der Waals surface area (Å²) in [7, 11) is -4.00. The van der Waals surface area contributed by atoms with Crippen LogP contribution < -0.4 is 0 Å². The van der Waals surface area contributed by atoms with Crippen LogP contribution in [0.1, 0.15) is 16.7 Å². The number of rotatable bonds is 3. The Morgan fingerprint density at radius 2 is 1.28 bits per heavy atom. The van der Waals surface area contributed by atoms with Crippen LogP contribution in [-0.4, -0.2) is 14.1 Å². The van der Waals surface area contributed by atoms with Gasteiger partial charge in [-0.1, -0.05) is 71.4 Å². The maximum absolute atomic E-state index is 12.6. The van der Waals surface area contributed by atoms with Gasteiger partial charge in [-0.2, -0.15) is 8.42 Å². The first-order valence-corrected chi connectivity index (χ1v) is 10.6. The first-order chi connectivity index (χ1) is 14.0. The van der Waals surface area contributed by atoms with Crippen molar-refractivity contribution in [3.05, 3.63) is 102 Å². The molecule has 0 unspecified atom stereocenters. The van der Waals surface area contributed by atoms with Gasteiger partial charge < -0.3 is 0 Å². The van der Waals surface area contributed by atoms with Crippen molar-refractivity contribution in [2.45, 2.75) is 11.8 Å². The second-order valence-electron chi connectivity index (χ2n) is 7.07. The predicted octanol–water partition coefficient (Wildman–Crippen LogP) is 5.29. The molecule has 0 bridgehead atoms. The fourth-order valence-electron chi connectivity index (χ4n) is 3.66. The van der Waals surface area contributed by atoms with E-state index in [1.165, 1.54) is 12.1 Å². The normalized spacial score (nSPS) is 14.0. The molecule has 1 aliphatic rings. The van der Waals surface area contributed by atoms with E-state index in [9.17, 15) is 8.42 Å². The van der Waals surface area contributed by atoms with Crippen molar-refractivity contribution >= 4 is 26.6 Å². The molecular formula is C24H17NO3S. The summed E-state index contributed by atoms with van der Waals surface area (Å²) in [6, 6.07) is 26.5. The van der Waals surface area contributed by atoms with Gasteiger partial charge in [-0.05, 0) is 53.1 Å². The topological polar surface area (TPSA) is 55.7 Å². The molecule has 5 rings (SSSR count). The monoisotopic (exact) mass is 399 g/mol. The number of benzene rings is 4. The quantitative estimate of drug-likeness (QED) is 0.388. The van der Waals surface area contributed by atoms with Crippen LogP contribution in [0.5, 0.6) is 0 Å². The van der Waals surface area contributed by atoms with E-state index in [-0.39, 0.29) is 4.90 Å². The van der Waals surface area contributed by atoms with E-state index < -0.39 is 10.1 Å². The number of hydrogen-bond acceptors (Lipinski definition) is 4. The molecule has 0 N–H and O–H groups in total. The Labute approximate surface area is 169 Å². The first-order valence-electron chi connectivity index (χ1n) is 9.24. The standard InChI is InChI=1S/C24H17NO3S/c1-16-10-12-19(13-11-16)29(26,27)28-25-24-21-9-5-4-8-20(21)22-14-17-6-2-3-7-18(17)15-23(22)24/h2-15H,1H3/b25-24-. The molecule has 142 valence electrons. The fourth-order valence-corrected chi connectivity index (χ4v) is 4.39. The molecular weight excluding hydrogens is 382 g/mol. The molecule has 0 atom stereocenters. The average Bonchev–Trinajstić information content (AvgIpc) is 3.04. The molecule has 0 spiro atoms. The molecule has 0 fully saturated rings. The molecule has 0 aliphatic heterocycles. The minimum absolute atomic E-state index is 0.0810. The van der Waals surface area contributed by atoms with Gasteiger partial charge in [0.1, 0.15) is 10.6 Å². The van der Waals surface area contributed by atoms with Gasteiger partial charge >= 0.3 is 10.1 Å². The number of aryl methyl sites for hydroxylation is 1. The highest BCUT2D eigenvalue weighted by Crippen LogP contribution is 2.39. The second kappa shape index (κ2) is 6.57. The van der Waals surface area contributed by atoms with Crippen LogP contribution in [0.4, 0.5) is 0 Å². The Morgan fingerprint density at radius 1 is 0.690 bits per heavy atom. The lowest BCUT2D eigenvalue weighted by molar-refractivity contribution is 0.339. The van der Waals surface area contributed by atoms with Crippen molar-refractivity contribution in [3.8, 4) is 11.1 Å². The third-order valence-corrected chi connectivity index (χ3v) is 6.27. The Kier molecular flexibility index (Phi) is 4.00. The molecule has 29 heavy (non-hydrogen) atoms. The van der Waals surface area contributed by atoms with Gasteiger partial charge in [0.05, 0.1) is 0 Å². The van der Waals surface area contributed by atoms with Crippen LogP contribution in [0.3, 0.4) is 0 Å². The van der Waals surface area contributed by atoms with Crippen LogP contribution in [-0.2, 0) is 14.4 Å². The van der Waals surface area contributed by atoms with Crippen LogP contribution in [0.2, 0.25) is 0 Å². The molecule has 0 saturated heterocycles. The maximum atomic E-state index is 12.6. The number of nitrogens with zero attached hydrogens (tertiary/aromatic N) is 1. The second-order valence-corrected chi connectivity index (χ2v) is 8.60. The third kappa shape index (κ3) is 3.00. The van der Waals surface area contributed by atoms with Crippen LogP contribution in [0.25, 0.3) is 21.9 Å². The highest BCUT2D eigenvalue weighted by Gasteiger charge is 2.27. The van der Waals surface area contributed by atoms with Gasteiger partial charge in [0.2, 0.25) is 0 Å². The Balaban J connectivity index is 1.63. The minimum Gasteiger partial charge on any atom is -0.264 e. The smallest absolute Gasteiger partial charge is 0.264 e. The predicted molar refractivity (Wildman–Crippen MR) is 114 cm³/mol. The highest BCUT2D eigenvalue weighted by atomic mass is 32.2. The van der Waals surface area contributed by atoms with Gasteiger partial charge in [0, 0.05) is 11.1 Å². The summed E-state index contributed by atoms with van der Waals surface area (Å²) in [6.45, 7) is 1.90. The molecule has 1 aliphatic carbocycles. The summed E-state index contributed by atoms with van der Waals surface area (Å²) in [4.78, 5) is 0.0810. The van der Waals surface area contributed by atoms with Crippen molar-refractivity contribution < 1.29 is 12.7 Å². The van der Waals surface area contributed by atoms with Gasteiger partial charge in [-0.15, -0.1) is 0 Å². The van der Waals surface area contributed by atoms with Crippen molar-refractivity contribution in [3.63, 3.8) is 0 Å². The first kappa shape index (κ1) is 17.6. The Bertz CT molecular complexity index is 1390. The van der Waals surface area contributed by atoms with Crippen molar-refractivity contribution in [2.24, 2.45) is 5.16 Å². The van der Waals surface area contributed by atoms with Crippen molar-refractivity contribution in [1.82, 2.24) is 0 Å². The largest absolute Gasteiger partial charge is 0.358 e. The summed E-state index contributed by atoms with van der Waals surface area (Å²) < 4.78 is 30.3. The van der Waals surface area contributed by atoms with E-state index in [0.717, 1.165) is 38.6 Å². The molecule has 0 saturated carbocycles. The summed E-state index contributed by atoms with van der Waals surface area (Å²) in [5.41, 5.74) is 5.26. The SMILES string of the molecule is Cc1ccc(S(=O)(=O)O/N=C2/c3ccccc3-c3cc4ccccc4cc32)cc1. The summed E-state index contributed by atoms with van der Waals surface area (Å²) in [6.07, 6.45) is 0. The fraction of sp³-hybridized carbons (Fsp3) is 0.0417. The van der Waals surface area contributed by atoms with Gasteiger partial charge in [-0.25, -0.2) is 0 Å². The van der Waals surface area contributed by atoms with E-state index in [0.29, 0.717) is 5.71 Å². The molecule has 0 heterocycles. The molecule has 4 aromatic carbocycles. The molecule has 0 radical (unpaired) electrons. The van der Waals surface area contributed by atoms with Gasteiger partial charge in [0.15, 0.2) is 0 Å². The zero-order valence-corrected chi connectivity index (χ0v) is 16.5. The van der Waals surface area contributed by atoms with Crippen LogP contribution in [0.15, 0.2) is 95.0 Å². The summed E-state index contributed by atoms with van der Waals surface area (Å²) in [5, 5.41) is 6.30. The Hall–Kier alpha value is -3.44. The van der Waals surface area contributed by atoms with E-state index in [2.05, 4.69) is 17.3 Å². The number of fused-ring (bicyclic) bond motifs is 4. The van der Waals surface area contributed by atoms with Crippen LogP contribution >= 0.6 is 0 Å². The molecule has 4 nitrogen and oxygen atoms in total. The average molecular weight is 399 g/mol. The molecule has 0 amide bonds. The maximum Gasteiger partial charge on any atom is 0.358 e. The van der Waals surface area contributed by atoms with E-state index >= 15 is 0 Å². The molecule has 5 heteroatoms. The van der Waals surface area contributed by atoms with Crippen molar-refractivity contribution in [2.75, 3.05) is 0 Å². The minimum atomic E-state index is -4.00. The highest BCUT2D eigenvalue weighted by molar-refractivity contribution is 7.86. The Morgan fingerprint density at radius 3 is 1.97 bits per heavy atom. The number of hydrogen-bond donors (Lipinski definition) is 0.